The summed E-state index contributed by atoms with van der Waals surface area (Å²) in [5, 5.41) is 9.96. The monoisotopic (exact) mass is 239 g/mol. The van der Waals surface area contributed by atoms with Gasteiger partial charge in [0.15, 0.2) is 0 Å². The molecular weight excluding hydrogens is 226 g/mol. The van der Waals surface area contributed by atoms with Gasteiger partial charge in [-0.2, -0.15) is 0 Å². The third-order valence-electron chi connectivity index (χ3n) is 3.42. The Morgan fingerprint density at radius 1 is 1.00 bits per heavy atom. The Balaban J connectivity index is 2.20. The molecule has 1 aliphatic heterocycles. The van der Waals surface area contributed by atoms with E-state index >= 15 is 0 Å². The van der Waals surface area contributed by atoms with Gasteiger partial charge in [0.25, 0.3) is 5.91 Å². The number of carbonyl (C=O) groups excluding carboxylic acids is 1. The minimum absolute atomic E-state index is 0.00106. The van der Waals surface area contributed by atoms with E-state index in [9.17, 15) is 9.90 Å². The molecule has 0 radical (unpaired) electrons. The summed E-state index contributed by atoms with van der Waals surface area (Å²) in [4.78, 5) is 13.8. The van der Waals surface area contributed by atoms with Gasteiger partial charge in [-0.15, -0.1) is 0 Å². The number of rotatable bonds is 1. The van der Waals surface area contributed by atoms with Crippen LogP contribution >= 0.6 is 0 Å². The summed E-state index contributed by atoms with van der Waals surface area (Å²) >= 11 is 0. The Morgan fingerprint density at radius 3 is 2.33 bits per heavy atom. The van der Waals surface area contributed by atoms with Gasteiger partial charge in [-0.25, -0.2) is 0 Å². The van der Waals surface area contributed by atoms with E-state index in [1.807, 2.05) is 36.4 Å². The van der Waals surface area contributed by atoms with Gasteiger partial charge in [0.05, 0.1) is 6.04 Å². The van der Waals surface area contributed by atoms with E-state index in [0.717, 1.165) is 11.1 Å². The van der Waals surface area contributed by atoms with E-state index in [1.54, 1.807) is 24.1 Å². The highest BCUT2D eigenvalue weighted by Gasteiger charge is 2.35. The second-order valence-electron chi connectivity index (χ2n) is 4.46. The Kier molecular flexibility index (Phi) is 2.33. The number of hydrogen-bond acceptors (Lipinski definition) is 2. The summed E-state index contributed by atoms with van der Waals surface area (Å²) < 4.78 is 0. The molecule has 1 amide bonds. The molecule has 0 fully saturated rings. The van der Waals surface area contributed by atoms with Crippen molar-refractivity contribution in [3.63, 3.8) is 0 Å². The molecule has 0 bridgehead atoms. The first kappa shape index (κ1) is 10.8. The van der Waals surface area contributed by atoms with Gasteiger partial charge in [0.1, 0.15) is 5.75 Å². The highest BCUT2D eigenvalue weighted by atomic mass is 16.3. The van der Waals surface area contributed by atoms with Gasteiger partial charge in [0.2, 0.25) is 0 Å². The lowest BCUT2D eigenvalue weighted by atomic mass is 9.97. The standard InChI is InChI=1S/C15H13NO2/c1-16-14(12-8-4-5-9-13(12)17)10-6-2-3-7-11(10)15(16)18/h2-9,14,17H,1H3. The summed E-state index contributed by atoms with van der Waals surface area (Å²) in [6.45, 7) is 0. The zero-order valence-electron chi connectivity index (χ0n) is 10.00. The number of amides is 1. The van der Waals surface area contributed by atoms with Crippen LogP contribution in [0.3, 0.4) is 0 Å². The van der Waals surface area contributed by atoms with Crippen molar-refractivity contribution < 1.29 is 9.90 Å². The van der Waals surface area contributed by atoms with E-state index in [2.05, 4.69) is 0 Å². The van der Waals surface area contributed by atoms with Gasteiger partial charge in [0, 0.05) is 18.2 Å². The normalized spacial score (nSPS) is 17.9. The van der Waals surface area contributed by atoms with Crippen LogP contribution in [-0.4, -0.2) is 23.0 Å². The molecule has 1 atom stereocenters. The van der Waals surface area contributed by atoms with Crippen molar-refractivity contribution >= 4 is 5.91 Å². The van der Waals surface area contributed by atoms with Crippen molar-refractivity contribution in [1.82, 2.24) is 4.90 Å². The Morgan fingerprint density at radius 2 is 1.61 bits per heavy atom. The van der Waals surface area contributed by atoms with Crippen molar-refractivity contribution in [3.05, 3.63) is 65.2 Å². The molecule has 0 saturated heterocycles. The first-order valence-corrected chi connectivity index (χ1v) is 5.84. The zero-order valence-corrected chi connectivity index (χ0v) is 10.00. The fraction of sp³-hybridized carbons (Fsp3) is 0.133. The highest BCUT2D eigenvalue weighted by molar-refractivity contribution is 5.99. The molecule has 3 nitrogen and oxygen atoms in total. The molecule has 2 aromatic carbocycles. The van der Waals surface area contributed by atoms with Crippen molar-refractivity contribution in [2.24, 2.45) is 0 Å². The van der Waals surface area contributed by atoms with Crippen LogP contribution in [0.5, 0.6) is 5.75 Å². The fourth-order valence-electron chi connectivity index (χ4n) is 2.54. The number of phenols is 1. The Hall–Kier alpha value is -2.29. The number of nitrogens with zero attached hydrogens (tertiary/aromatic N) is 1. The average Bonchev–Trinajstić information content (AvgIpc) is 2.64. The first-order chi connectivity index (χ1) is 8.70. The number of para-hydroxylation sites is 1. The number of carbonyl (C=O) groups is 1. The molecule has 0 spiro atoms. The molecule has 3 heteroatoms. The summed E-state index contributed by atoms with van der Waals surface area (Å²) in [5.74, 6) is 0.220. The van der Waals surface area contributed by atoms with Crippen LogP contribution in [0.25, 0.3) is 0 Å². The van der Waals surface area contributed by atoms with Gasteiger partial charge in [-0.05, 0) is 17.7 Å². The summed E-state index contributed by atoms with van der Waals surface area (Å²) in [6.07, 6.45) is 0. The van der Waals surface area contributed by atoms with Crippen LogP contribution in [0.4, 0.5) is 0 Å². The minimum atomic E-state index is -0.199. The predicted molar refractivity (Wildman–Crippen MR) is 68.5 cm³/mol. The largest absolute Gasteiger partial charge is 0.508 e. The van der Waals surface area contributed by atoms with Crippen LogP contribution in [0.15, 0.2) is 48.5 Å². The number of fused-ring (bicyclic) bond motifs is 1. The molecule has 18 heavy (non-hydrogen) atoms. The van der Waals surface area contributed by atoms with Crippen LogP contribution in [0, 0.1) is 0 Å². The van der Waals surface area contributed by atoms with Gasteiger partial charge in [-0.3, -0.25) is 4.79 Å². The topological polar surface area (TPSA) is 40.5 Å². The van der Waals surface area contributed by atoms with Crippen molar-refractivity contribution in [2.45, 2.75) is 6.04 Å². The molecule has 1 unspecified atom stereocenters. The quantitative estimate of drug-likeness (QED) is 0.830. The maximum atomic E-state index is 12.1. The summed E-state index contributed by atoms with van der Waals surface area (Å²) in [5.41, 5.74) is 2.43. The average molecular weight is 239 g/mol. The van der Waals surface area contributed by atoms with Crippen LogP contribution in [0.2, 0.25) is 0 Å². The number of benzene rings is 2. The first-order valence-electron chi connectivity index (χ1n) is 5.84. The van der Waals surface area contributed by atoms with Gasteiger partial charge in [-0.1, -0.05) is 36.4 Å². The van der Waals surface area contributed by atoms with Crippen molar-refractivity contribution in [2.75, 3.05) is 7.05 Å². The molecule has 1 aliphatic rings. The molecule has 1 heterocycles. The molecule has 2 aromatic rings. The fourth-order valence-corrected chi connectivity index (χ4v) is 2.54. The maximum absolute atomic E-state index is 12.1. The predicted octanol–water partition coefficient (Wildman–Crippen LogP) is 2.57. The summed E-state index contributed by atoms with van der Waals surface area (Å²) in [6, 6.07) is 14.5. The van der Waals surface area contributed by atoms with Gasteiger partial charge >= 0.3 is 0 Å². The SMILES string of the molecule is CN1C(=O)c2ccccc2C1c1ccccc1O. The molecule has 3 rings (SSSR count). The van der Waals surface area contributed by atoms with Crippen LogP contribution in [0.1, 0.15) is 27.5 Å². The van der Waals surface area contributed by atoms with Gasteiger partial charge < -0.3 is 10.0 Å². The lowest BCUT2D eigenvalue weighted by Crippen LogP contribution is -2.23. The Labute approximate surface area is 105 Å². The van der Waals surface area contributed by atoms with Crippen LogP contribution in [-0.2, 0) is 0 Å². The molecule has 1 N–H and O–H groups in total. The molecular formula is C15H13NO2. The van der Waals surface area contributed by atoms with E-state index in [-0.39, 0.29) is 17.7 Å². The number of hydrogen-bond donors (Lipinski definition) is 1. The summed E-state index contributed by atoms with van der Waals surface area (Å²) in [7, 11) is 1.76. The number of aromatic hydroxyl groups is 1. The lowest BCUT2D eigenvalue weighted by molar-refractivity contribution is 0.0793. The molecule has 0 saturated carbocycles. The molecule has 0 aromatic heterocycles. The maximum Gasteiger partial charge on any atom is 0.254 e. The van der Waals surface area contributed by atoms with Crippen molar-refractivity contribution in [3.8, 4) is 5.75 Å². The zero-order chi connectivity index (χ0) is 12.7. The second kappa shape index (κ2) is 3.88. The minimum Gasteiger partial charge on any atom is -0.508 e. The third-order valence-corrected chi connectivity index (χ3v) is 3.42. The van der Waals surface area contributed by atoms with E-state index < -0.39 is 0 Å². The smallest absolute Gasteiger partial charge is 0.254 e. The highest BCUT2D eigenvalue weighted by Crippen LogP contribution is 2.40. The second-order valence-corrected chi connectivity index (χ2v) is 4.46. The van der Waals surface area contributed by atoms with Crippen LogP contribution < -0.4 is 0 Å². The Bertz CT molecular complexity index is 621. The van der Waals surface area contributed by atoms with E-state index in [4.69, 9.17) is 0 Å². The van der Waals surface area contributed by atoms with E-state index in [1.165, 1.54) is 0 Å². The molecule has 0 aliphatic carbocycles. The lowest BCUT2D eigenvalue weighted by Gasteiger charge is -2.21. The van der Waals surface area contributed by atoms with E-state index in [0.29, 0.717) is 5.56 Å². The number of phenolic OH excluding ortho intramolecular Hbond substituents is 1. The van der Waals surface area contributed by atoms with Crippen molar-refractivity contribution in [1.29, 1.82) is 0 Å². The third kappa shape index (κ3) is 1.40. The molecule has 90 valence electrons.